The third kappa shape index (κ3) is 8.39. The lowest BCUT2D eigenvalue weighted by Gasteiger charge is -2.31. The molecule has 48 heavy (non-hydrogen) atoms. The second-order valence-corrected chi connectivity index (χ2v) is 11.9. The van der Waals surface area contributed by atoms with Gasteiger partial charge in [0.2, 0.25) is 0 Å². The van der Waals surface area contributed by atoms with Gasteiger partial charge in [0, 0.05) is 24.6 Å². The standard InChI is InChI=1S/C40H42N2O6/c1-27-21-32(16-18-37(27)46-3)40(33-17-19-38(47-4)28(2)22-33)34(23-29-11-7-5-8-12-29)41-25-36(43)31-15-20-39(35(24-31)42(44)45)48-26-30-13-9-6-10-14-30/h5-22,24,34,36,40-41,43H,23,25-26H2,1-4H3/t34?,36-/m0/s1. The van der Waals surface area contributed by atoms with Crippen molar-refractivity contribution in [2.45, 2.75) is 44.9 Å². The molecule has 5 aromatic rings. The van der Waals surface area contributed by atoms with Crippen molar-refractivity contribution in [2.75, 3.05) is 20.8 Å². The van der Waals surface area contributed by atoms with E-state index in [9.17, 15) is 15.2 Å². The molecule has 5 rings (SSSR count). The highest BCUT2D eigenvalue weighted by Gasteiger charge is 2.28. The Bertz CT molecular complexity index is 1760. The number of rotatable bonds is 15. The second-order valence-electron chi connectivity index (χ2n) is 11.9. The molecule has 0 aliphatic heterocycles. The van der Waals surface area contributed by atoms with Gasteiger partial charge in [-0.2, -0.15) is 0 Å². The zero-order chi connectivity index (χ0) is 34.0. The minimum absolute atomic E-state index is 0.116. The van der Waals surface area contributed by atoms with Crippen LogP contribution in [0.1, 0.15) is 51.0 Å². The number of ether oxygens (including phenoxy) is 3. The number of hydrogen-bond donors (Lipinski definition) is 2. The van der Waals surface area contributed by atoms with Crippen molar-refractivity contribution < 1.29 is 24.2 Å². The smallest absolute Gasteiger partial charge is 0.311 e. The van der Waals surface area contributed by atoms with Gasteiger partial charge in [-0.1, -0.05) is 91.0 Å². The number of aryl methyl sites for hydroxylation is 2. The van der Waals surface area contributed by atoms with Crippen LogP contribution in [0.3, 0.4) is 0 Å². The second kappa shape index (κ2) is 16.1. The number of nitro groups is 1. The molecule has 248 valence electrons. The average molecular weight is 647 g/mol. The number of aliphatic hydroxyl groups is 1. The lowest BCUT2D eigenvalue weighted by Crippen LogP contribution is -2.40. The Kier molecular flexibility index (Phi) is 11.4. The van der Waals surface area contributed by atoms with Crippen LogP contribution < -0.4 is 19.5 Å². The highest BCUT2D eigenvalue weighted by atomic mass is 16.6. The molecule has 0 aliphatic rings. The molecule has 0 aliphatic carbocycles. The first-order valence-corrected chi connectivity index (χ1v) is 16.0. The maximum atomic E-state index is 12.0. The molecule has 2 N–H and O–H groups in total. The third-order valence-electron chi connectivity index (χ3n) is 8.63. The number of hydrogen-bond acceptors (Lipinski definition) is 7. The summed E-state index contributed by atoms with van der Waals surface area (Å²) in [6, 6.07) is 36.6. The van der Waals surface area contributed by atoms with Crippen LogP contribution >= 0.6 is 0 Å². The highest BCUT2D eigenvalue weighted by Crippen LogP contribution is 2.36. The Hall–Kier alpha value is -5.18. The topological polar surface area (TPSA) is 103 Å². The van der Waals surface area contributed by atoms with Gasteiger partial charge in [0.05, 0.1) is 25.2 Å². The van der Waals surface area contributed by atoms with E-state index in [1.807, 2.05) is 74.5 Å². The van der Waals surface area contributed by atoms with Crippen LogP contribution in [0, 0.1) is 24.0 Å². The Morgan fingerprint density at radius 2 is 1.23 bits per heavy atom. The molecule has 0 fully saturated rings. The first kappa shape index (κ1) is 34.2. The number of aliphatic hydroxyl groups excluding tert-OH is 1. The van der Waals surface area contributed by atoms with Gasteiger partial charge in [-0.15, -0.1) is 0 Å². The summed E-state index contributed by atoms with van der Waals surface area (Å²) in [5.74, 6) is 1.66. The lowest BCUT2D eigenvalue weighted by atomic mass is 9.81. The molecular formula is C40H42N2O6. The maximum Gasteiger partial charge on any atom is 0.311 e. The molecule has 0 saturated heterocycles. The highest BCUT2D eigenvalue weighted by molar-refractivity contribution is 5.50. The fourth-order valence-corrected chi connectivity index (χ4v) is 6.15. The van der Waals surface area contributed by atoms with Crippen molar-refractivity contribution in [3.8, 4) is 17.2 Å². The summed E-state index contributed by atoms with van der Waals surface area (Å²) in [6.45, 7) is 4.42. The maximum absolute atomic E-state index is 12.0. The van der Waals surface area contributed by atoms with E-state index in [-0.39, 0.29) is 36.5 Å². The predicted octanol–water partition coefficient (Wildman–Crippen LogP) is 7.87. The fraction of sp³-hybridized carbons (Fsp3) is 0.250. The molecule has 2 atom stereocenters. The molecular weight excluding hydrogens is 604 g/mol. The van der Waals surface area contributed by atoms with E-state index in [1.54, 1.807) is 26.4 Å². The summed E-state index contributed by atoms with van der Waals surface area (Å²) in [7, 11) is 3.33. The summed E-state index contributed by atoms with van der Waals surface area (Å²) in [4.78, 5) is 11.6. The molecule has 8 nitrogen and oxygen atoms in total. The molecule has 0 saturated carbocycles. The van der Waals surface area contributed by atoms with E-state index in [4.69, 9.17) is 14.2 Å². The average Bonchev–Trinajstić information content (AvgIpc) is 3.10. The van der Waals surface area contributed by atoms with Crippen LogP contribution in [0.5, 0.6) is 17.2 Å². The van der Waals surface area contributed by atoms with Crippen LogP contribution in [0.4, 0.5) is 5.69 Å². The Labute approximate surface area is 282 Å². The number of nitro benzene ring substituents is 1. The lowest BCUT2D eigenvalue weighted by molar-refractivity contribution is -0.386. The van der Waals surface area contributed by atoms with Crippen LogP contribution in [-0.4, -0.2) is 36.8 Å². The van der Waals surface area contributed by atoms with Crippen LogP contribution in [0.15, 0.2) is 115 Å². The summed E-state index contributed by atoms with van der Waals surface area (Å²) >= 11 is 0. The van der Waals surface area contributed by atoms with Gasteiger partial charge in [0.1, 0.15) is 18.1 Å². The van der Waals surface area contributed by atoms with Gasteiger partial charge >= 0.3 is 5.69 Å². The predicted molar refractivity (Wildman–Crippen MR) is 188 cm³/mol. The number of nitrogens with one attached hydrogen (secondary N) is 1. The summed E-state index contributed by atoms with van der Waals surface area (Å²) < 4.78 is 16.9. The van der Waals surface area contributed by atoms with Crippen molar-refractivity contribution in [3.63, 3.8) is 0 Å². The van der Waals surface area contributed by atoms with E-state index in [0.717, 1.165) is 44.9 Å². The van der Waals surface area contributed by atoms with Crippen molar-refractivity contribution in [1.29, 1.82) is 0 Å². The van der Waals surface area contributed by atoms with Crippen molar-refractivity contribution >= 4 is 5.69 Å². The van der Waals surface area contributed by atoms with Gasteiger partial charge in [0.25, 0.3) is 0 Å². The van der Waals surface area contributed by atoms with E-state index < -0.39 is 11.0 Å². The number of benzene rings is 5. The Morgan fingerprint density at radius 1 is 0.708 bits per heavy atom. The van der Waals surface area contributed by atoms with Crippen LogP contribution in [0.25, 0.3) is 0 Å². The monoisotopic (exact) mass is 646 g/mol. The van der Waals surface area contributed by atoms with Crippen molar-refractivity contribution in [1.82, 2.24) is 5.32 Å². The molecule has 0 spiro atoms. The van der Waals surface area contributed by atoms with Crippen molar-refractivity contribution in [2.24, 2.45) is 0 Å². The minimum Gasteiger partial charge on any atom is -0.496 e. The molecule has 0 aromatic heterocycles. The number of methoxy groups -OCH3 is 2. The third-order valence-corrected chi connectivity index (χ3v) is 8.63. The molecule has 0 heterocycles. The van der Waals surface area contributed by atoms with Gasteiger partial charge in [0.15, 0.2) is 5.75 Å². The first-order chi connectivity index (χ1) is 23.3. The molecule has 5 aromatic carbocycles. The summed E-state index contributed by atoms with van der Waals surface area (Å²) in [5, 5.41) is 27.1. The molecule has 0 amide bonds. The summed E-state index contributed by atoms with van der Waals surface area (Å²) in [5.41, 5.74) is 6.50. The van der Waals surface area contributed by atoms with Crippen LogP contribution in [0.2, 0.25) is 0 Å². The summed E-state index contributed by atoms with van der Waals surface area (Å²) in [6.07, 6.45) is -0.346. The quantitative estimate of drug-likeness (QED) is 0.0881. The Morgan fingerprint density at radius 3 is 1.75 bits per heavy atom. The zero-order valence-electron chi connectivity index (χ0n) is 27.8. The van der Waals surface area contributed by atoms with Gasteiger partial charge in [-0.05, 0) is 77.4 Å². The van der Waals surface area contributed by atoms with Crippen LogP contribution in [-0.2, 0) is 13.0 Å². The fourth-order valence-electron chi connectivity index (χ4n) is 6.15. The minimum atomic E-state index is -1.01. The Balaban J connectivity index is 1.46. The number of nitrogens with zero attached hydrogens (tertiary/aromatic N) is 1. The van der Waals surface area contributed by atoms with Crippen molar-refractivity contribution in [3.05, 3.63) is 164 Å². The normalized spacial score (nSPS) is 12.4. The van der Waals surface area contributed by atoms with Gasteiger partial charge in [-0.3, -0.25) is 10.1 Å². The first-order valence-electron chi connectivity index (χ1n) is 16.0. The molecule has 1 unspecified atom stereocenters. The molecule has 8 heteroatoms. The van der Waals surface area contributed by atoms with Gasteiger partial charge < -0.3 is 24.6 Å². The molecule has 0 bridgehead atoms. The van der Waals surface area contributed by atoms with E-state index in [2.05, 4.69) is 41.7 Å². The van der Waals surface area contributed by atoms with Gasteiger partial charge in [-0.25, -0.2) is 0 Å². The van der Waals surface area contributed by atoms with E-state index >= 15 is 0 Å². The van der Waals surface area contributed by atoms with E-state index in [0.29, 0.717) is 12.0 Å². The van der Waals surface area contributed by atoms with E-state index in [1.165, 1.54) is 6.07 Å². The largest absolute Gasteiger partial charge is 0.496 e. The zero-order valence-corrected chi connectivity index (χ0v) is 27.8. The molecule has 0 radical (unpaired) electrons. The SMILES string of the molecule is COc1ccc(C(c2ccc(OC)c(C)c2)C(Cc2ccccc2)NC[C@H](O)c2ccc(OCc3ccccc3)c([N+](=O)[O-])c2)cc1C.